The molecule has 3 N–H and O–H groups in total. The summed E-state index contributed by atoms with van der Waals surface area (Å²) in [7, 11) is 0. The van der Waals surface area contributed by atoms with Gasteiger partial charge in [-0.25, -0.2) is 9.18 Å². The van der Waals surface area contributed by atoms with E-state index in [1.807, 2.05) is 37.9 Å². The van der Waals surface area contributed by atoms with E-state index in [0.29, 0.717) is 26.2 Å². The number of nitrogens with zero attached hydrogens (tertiary/aromatic N) is 3. The molecule has 10 heteroatoms. The minimum atomic E-state index is -1.28. The van der Waals surface area contributed by atoms with Crippen molar-refractivity contribution in [2.24, 2.45) is 4.99 Å². The van der Waals surface area contributed by atoms with Crippen LogP contribution in [-0.2, 0) is 11.4 Å². The largest absolute Gasteiger partial charge is 0.598 e. The summed E-state index contributed by atoms with van der Waals surface area (Å²) in [6, 6.07) is 5.72. The molecule has 0 spiro atoms. The molecule has 3 rings (SSSR count). The minimum Gasteiger partial charge on any atom is -0.598 e. The average molecular weight is 452 g/mol. The van der Waals surface area contributed by atoms with Crippen molar-refractivity contribution in [3.05, 3.63) is 47.9 Å². The highest BCUT2D eigenvalue weighted by Gasteiger charge is 2.36. The zero-order chi connectivity index (χ0) is 22.6. The van der Waals surface area contributed by atoms with Gasteiger partial charge in [0.25, 0.3) is 0 Å². The van der Waals surface area contributed by atoms with Gasteiger partial charge in [-0.2, -0.15) is 0 Å². The normalized spacial score (nSPS) is 23.6. The summed E-state index contributed by atoms with van der Waals surface area (Å²) >= 11 is -1.28. The molecule has 1 fully saturated rings. The van der Waals surface area contributed by atoms with Gasteiger partial charge in [-0.3, -0.25) is 4.99 Å². The average Bonchev–Trinajstić information content (AvgIpc) is 2.74. The fraction of sp³-hybridized carbons (Fsp3) is 0.524. The number of halogens is 1. The smallest absolute Gasteiger partial charge is 0.407 e. The second-order valence-electron chi connectivity index (χ2n) is 8.59. The van der Waals surface area contributed by atoms with Crippen LogP contribution in [0.2, 0.25) is 0 Å². The van der Waals surface area contributed by atoms with Crippen molar-refractivity contribution < 1.29 is 18.8 Å². The van der Waals surface area contributed by atoms with Crippen LogP contribution in [0.5, 0.6) is 0 Å². The number of carbonyl (C=O) groups is 1. The highest BCUT2D eigenvalue weighted by Crippen LogP contribution is 2.28. The van der Waals surface area contributed by atoms with Crippen molar-refractivity contribution in [3.8, 4) is 0 Å². The first kappa shape index (κ1) is 23.5. The predicted octanol–water partition coefficient (Wildman–Crippen LogP) is 2.10. The van der Waals surface area contributed by atoms with Gasteiger partial charge >= 0.3 is 6.09 Å². The van der Waals surface area contributed by atoms with Crippen molar-refractivity contribution in [1.82, 2.24) is 19.8 Å². The van der Waals surface area contributed by atoms with E-state index in [-0.39, 0.29) is 24.1 Å². The highest BCUT2D eigenvalue weighted by molar-refractivity contribution is 7.90. The first-order valence-corrected chi connectivity index (χ1v) is 11.4. The van der Waals surface area contributed by atoms with Gasteiger partial charge in [0.1, 0.15) is 16.7 Å². The summed E-state index contributed by atoms with van der Waals surface area (Å²) in [5, 5.41) is 12.8. The summed E-state index contributed by atoms with van der Waals surface area (Å²) in [5.41, 5.74) is 0.845. The van der Waals surface area contributed by atoms with E-state index in [9.17, 15) is 18.8 Å². The van der Waals surface area contributed by atoms with Gasteiger partial charge in [0, 0.05) is 43.4 Å². The molecular formula is C21H30FN5O3S. The van der Waals surface area contributed by atoms with Gasteiger partial charge < -0.3 is 24.8 Å². The van der Waals surface area contributed by atoms with E-state index in [0.717, 1.165) is 5.56 Å². The molecule has 2 aliphatic heterocycles. The van der Waals surface area contributed by atoms with Crippen LogP contribution in [0.15, 0.2) is 41.5 Å². The van der Waals surface area contributed by atoms with Crippen LogP contribution in [0.3, 0.4) is 0 Å². The molecule has 0 bridgehead atoms. The molecule has 4 atom stereocenters. The molecule has 0 aromatic heterocycles. The summed E-state index contributed by atoms with van der Waals surface area (Å²) < 4.78 is 28.9. The van der Waals surface area contributed by atoms with Crippen molar-refractivity contribution in [1.29, 1.82) is 0 Å². The van der Waals surface area contributed by atoms with Gasteiger partial charge in [-0.1, -0.05) is 12.1 Å². The number of carboxylic acid groups (broad SMARTS) is 1. The van der Waals surface area contributed by atoms with Crippen LogP contribution in [0.1, 0.15) is 32.4 Å². The maximum absolute atomic E-state index is 13.6. The van der Waals surface area contributed by atoms with E-state index in [1.165, 1.54) is 17.0 Å². The molecule has 2 unspecified atom stereocenters. The molecule has 0 aliphatic carbocycles. The van der Waals surface area contributed by atoms with Gasteiger partial charge in [0.15, 0.2) is 0 Å². The van der Waals surface area contributed by atoms with Crippen LogP contribution in [0.25, 0.3) is 0 Å². The summed E-state index contributed by atoms with van der Waals surface area (Å²) in [5.74, 6) is -0.330. The number of rotatable bonds is 6. The van der Waals surface area contributed by atoms with Crippen molar-refractivity contribution in [2.45, 2.75) is 43.8 Å². The number of hydrogen-bond donors (Lipinski definition) is 3. The monoisotopic (exact) mass is 451 g/mol. The number of piperazine rings is 1. The lowest BCUT2D eigenvalue weighted by Crippen LogP contribution is -2.60. The zero-order valence-electron chi connectivity index (χ0n) is 18.0. The lowest BCUT2D eigenvalue weighted by atomic mass is 10.0. The third kappa shape index (κ3) is 5.97. The standard InChI is InChI=1S/C21H30FN5O3S/c1-21(2,3)31(30)25-13-18(15-5-7-16(22)8-6-15)27-11-4-9-24-19(27)17-14-26(20(28)29)12-10-23-17/h4-9,11,17-19,23,25H,10,12-14H2,1-3H3,(H,28,29)/t17?,18?,19-,31+/m1/s1. The molecule has 1 amide bonds. The molecule has 170 valence electrons. The third-order valence-electron chi connectivity index (χ3n) is 5.30. The van der Waals surface area contributed by atoms with Crippen molar-refractivity contribution in [3.63, 3.8) is 0 Å². The number of benzene rings is 1. The van der Waals surface area contributed by atoms with E-state index in [2.05, 4.69) is 15.0 Å². The number of aliphatic imine (C=N–C) groups is 1. The molecule has 1 aromatic carbocycles. The summed E-state index contributed by atoms with van der Waals surface area (Å²) in [6.45, 7) is 7.29. The van der Waals surface area contributed by atoms with Crippen LogP contribution in [0, 0.1) is 5.82 Å². The molecule has 31 heavy (non-hydrogen) atoms. The second kappa shape index (κ2) is 9.99. The van der Waals surface area contributed by atoms with Crippen molar-refractivity contribution in [2.75, 3.05) is 26.2 Å². The fourth-order valence-electron chi connectivity index (χ4n) is 3.64. The Balaban J connectivity index is 1.86. The van der Waals surface area contributed by atoms with Crippen LogP contribution in [-0.4, -0.2) is 74.9 Å². The Bertz CT molecular complexity index is 814. The Labute approximate surface area is 185 Å². The Hall–Kier alpha value is -2.14. The molecule has 2 heterocycles. The van der Waals surface area contributed by atoms with Gasteiger partial charge in [0.05, 0.1) is 18.6 Å². The summed E-state index contributed by atoms with van der Waals surface area (Å²) in [4.78, 5) is 19.5. The lowest BCUT2D eigenvalue weighted by Gasteiger charge is -2.43. The predicted molar refractivity (Wildman–Crippen MR) is 120 cm³/mol. The van der Waals surface area contributed by atoms with Gasteiger partial charge in [-0.15, -0.1) is 4.72 Å². The second-order valence-corrected chi connectivity index (χ2v) is 10.6. The topological polar surface area (TPSA) is 103 Å². The number of allylic oxidation sites excluding steroid dienone is 1. The number of hydrogen-bond acceptors (Lipinski definition) is 6. The van der Waals surface area contributed by atoms with E-state index >= 15 is 0 Å². The molecule has 2 aliphatic rings. The molecule has 1 saturated heterocycles. The first-order chi connectivity index (χ1) is 14.7. The number of amides is 1. The van der Waals surface area contributed by atoms with Crippen LogP contribution >= 0.6 is 0 Å². The number of nitrogens with one attached hydrogen (secondary N) is 2. The molecule has 0 saturated carbocycles. The third-order valence-corrected chi connectivity index (χ3v) is 6.84. The van der Waals surface area contributed by atoms with Gasteiger partial charge in [0.2, 0.25) is 0 Å². The first-order valence-electron chi connectivity index (χ1n) is 10.3. The van der Waals surface area contributed by atoms with Crippen LogP contribution < -0.4 is 10.0 Å². The Morgan fingerprint density at radius 3 is 2.77 bits per heavy atom. The Morgan fingerprint density at radius 1 is 1.42 bits per heavy atom. The molecule has 8 nitrogen and oxygen atoms in total. The van der Waals surface area contributed by atoms with E-state index in [1.54, 1.807) is 18.3 Å². The molecular weight excluding hydrogens is 421 g/mol. The van der Waals surface area contributed by atoms with E-state index < -0.39 is 22.2 Å². The maximum atomic E-state index is 13.6. The Morgan fingerprint density at radius 2 is 2.13 bits per heavy atom. The van der Waals surface area contributed by atoms with E-state index in [4.69, 9.17) is 0 Å². The lowest BCUT2D eigenvalue weighted by molar-refractivity contribution is 0.0981. The quantitative estimate of drug-likeness (QED) is 0.573. The SMILES string of the molecule is CC(C)(C)[S@+]([O-])NCC(c1ccc(F)cc1)N1C=CC=N[C@H]1C1CN(C(=O)O)CCN1. The minimum absolute atomic E-state index is 0.220. The molecule has 1 aromatic rings. The van der Waals surface area contributed by atoms with Crippen LogP contribution in [0.4, 0.5) is 9.18 Å². The zero-order valence-corrected chi connectivity index (χ0v) is 18.8. The highest BCUT2D eigenvalue weighted by atomic mass is 32.2. The summed E-state index contributed by atoms with van der Waals surface area (Å²) in [6.07, 6.45) is 4.09. The van der Waals surface area contributed by atoms with Gasteiger partial charge in [-0.05, 0) is 44.5 Å². The maximum Gasteiger partial charge on any atom is 0.407 e. The molecule has 0 radical (unpaired) electrons. The fourth-order valence-corrected chi connectivity index (χ4v) is 4.39. The van der Waals surface area contributed by atoms with Crippen molar-refractivity contribution >= 4 is 23.7 Å². The Kier molecular flexibility index (Phi) is 7.58.